The van der Waals surface area contributed by atoms with Crippen LogP contribution >= 0.6 is 11.6 Å². The second kappa shape index (κ2) is 9.71. The molecule has 2 aliphatic heterocycles. The van der Waals surface area contributed by atoms with E-state index in [2.05, 4.69) is 10.2 Å². The smallest absolute Gasteiger partial charge is 0.307 e. The number of hydrogen-bond donors (Lipinski definition) is 2. The Morgan fingerprint density at radius 3 is 2.91 bits per heavy atom. The van der Waals surface area contributed by atoms with E-state index in [1.165, 1.54) is 0 Å². The minimum Gasteiger partial charge on any atom is -0.462 e. The second-order valence-electron chi connectivity index (χ2n) is 9.26. The zero-order valence-electron chi connectivity index (χ0n) is 19.2. The summed E-state index contributed by atoms with van der Waals surface area (Å²) in [6.07, 6.45) is 0.271. The maximum atomic E-state index is 12.5. The number of ether oxygens (including phenoxy) is 2. The third-order valence-corrected chi connectivity index (χ3v) is 5.82. The summed E-state index contributed by atoms with van der Waals surface area (Å²) >= 11 is 6.22. The van der Waals surface area contributed by atoms with Crippen LogP contribution < -0.4 is 10.1 Å². The molecule has 2 aromatic carbocycles. The van der Waals surface area contributed by atoms with E-state index >= 15 is 0 Å². The van der Waals surface area contributed by atoms with Crippen LogP contribution in [0.2, 0.25) is 5.02 Å². The Bertz CT molecular complexity index is 1050. The standard InChI is InChI=1S/C25H30ClN3O4/c1-16(14-25(2,3)31)32-23(30)13-18-15-29(11-10-27-18)24-19-6-4-5-7-21(19)33-22-9-8-17(26)12-20(22)28-24/h4-9,12,16,18,27,31H,10-11,13-15H2,1-3H3/t16-,18+/m1/s1. The van der Waals surface area contributed by atoms with Crippen molar-refractivity contribution in [3.8, 4) is 11.5 Å². The highest BCUT2D eigenvalue weighted by Gasteiger charge is 2.29. The van der Waals surface area contributed by atoms with E-state index in [0.29, 0.717) is 36.0 Å². The molecule has 33 heavy (non-hydrogen) atoms. The molecule has 0 aliphatic carbocycles. The topological polar surface area (TPSA) is 83.4 Å². The van der Waals surface area contributed by atoms with Gasteiger partial charge in [-0.15, -0.1) is 0 Å². The molecule has 2 N–H and O–H groups in total. The Morgan fingerprint density at radius 1 is 1.33 bits per heavy atom. The third-order valence-electron chi connectivity index (χ3n) is 5.58. The Morgan fingerprint density at radius 2 is 2.12 bits per heavy atom. The van der Waals surface area contributed by atoms with Crippen LogP contribution in [0.15, 0.2) is 47.5 Å². The minimum absolute atomic E-state index is 0.0848. The number of carbonyl (C=O) groups excluding carboxylic acids is 1. The van der Waals surface area contributed by atoms with Crippen LogP contribution in [0.5, 0.6) is 11.5 Å². The fourth-order valence-corrected chi connectivity index (χ4v) is 4.48. The molecule has 2 aliphatic rings. The van der Waals surface area contributed by atoms with Gasteiger partial charge in [-0.2, -0.15) is 0 Å². The quantitative estimate of drug-likeness (QED) is 0.633. The first-order valence-electron chi connectivity index (χ1n) is 11.2. The number of piperazine rings is 1. The van der Waals surface area contributed by atoms with Gasteiger partial charge in [0.05, 0.1) is 17.6 Å². The van der Waals surface area contributed by atoms with Crippen molar-refractivity contribution in [1.29, 1.82) is 0 Å². The van der Waals surface area contributed by atoms with E-state index in [1.54, 1.807) is 32.9 Å². The predicted molar refractivity (Wildman–Crippen MR) is 129 cm³/mol. The van der Waals surface area contributed by atoms with Gasteiger partial charge >= 0.3 is 5.97 Å². The maximum Gasteiger partial charge on any atom is 0.307 e. The lowest BCUT2D eigenvalue weighted by Crippen LogP contribution is -2.53. The number of benzene rings is 2. The van der Waals surface area contributed by atoms with Crippen molar-refractivity contribution >= 4 is 29.1 Å². The van der Waals surface area contributed by atoms with E-state index in [-0.39, 0.29) is 24.5 Å². The highest BCUT2D eigenvalue weighted by Crippen LogP contribution is 2.39. The Labute approximate surface area is 199 Å². The first kappa shape index (κ1) is 23.5. The number of nitrogens with zero attached hydrogens (tertiary/aromatic N) is 2. The fourth-order valence-electron chi connectivity index (χ4n) is 4.31. The molecule has 2 heterocycles. The maximum absolute atomic E-state index is 12.5. The highest BCUT2D eigenvalue weighted by atomic mass is 35.5. The van der Waals surface area contributed by atoms with Crippen LogP contribution in [0.3, 0.4) is 0 Å². The largest absolute Gasteiger partial charge is 0.462 e. The van der Waals surface area contributed by atoms with Gasteiger partial charge in [0.1, 0.15) is 23.4 Å². The number of nitrogens with one attached hydrogen (secondary N) is 1. The number of fused-ring (bicyclic) bond motifs is 2. The number of carbonyl (C=O) groups is 1. The highest BCUT2D eigenvalue weighted by molar-refractivity contribution is 6.31. The molecule has 176 valence electrons. The number of halogens is 1. The van der Waals surface area contributed by atoms with Crippen molar-refractivity contribution in [3.63, 3.8) is 0 Å². The number of hydrogen-bond acceptors (Lipinski definition) is 7. The molecule has 2 aromatic rings. The SMILES string of the molecule is C[C@H](CC(C)(C)O)OC(=O)C[C@H]1CN(C2=Nc3cc(Cl)ccc3Oc3ccccc32)CCN1. The number of rotatable bonds is 5. The predicted octanol–water partition coefficient (Wildman–Crippen LogP) is 4.28. The average molecular weight is 472 g/mol. The molecule has 0 unspecified atom stereocenters. The summed E-state index contributed by atoms with van der Waals surface area (Å²) in [7, 11) is 0. The molecule has 0 spiro atoms. The lowest BCUT2D eigenvalue weighted by Gasteiger charge is -2.35. The van der Waals surface area contributed by atoms with E-state index < -0.39 is 5.60 Å². The molecule has 0 radical (unpaired) electrons. The van der Waals surface area contributed by atoms with Crippen LogP contribution in [-0.2, 0) is 9.53 Å². The first-order valence-corrected chi connectivity index (χ1v) is 11.6. The van der Waals surface area contributed by atoms with Gasteiger partial charge in [0, 0.05) is 37.1 Å². The van der Waals surface area contributed by atoms with E-state index in [9.17, 15) is 9.90 Å². The van der Waals surface area contributed by atoms with Gasteiger partial charge in [-0.3, -0.25) is 4.79 Å². The molecule has 7 nitrogen and oxygen atoms in total. The van der Waals surface area contributed by atoms with Gasteiger partial charge in [0.15, 0.2) is 5.75 Å². The van der Waals surface area contributed by atoms with E-state index in [1.807, 2.05) is 30.3 Å². The average Bonchev–Trinajstić information content (AvgIpc) is 2.89. The molecule has 8 heteroatoms. The molecular formula is C25H30ClN3O4. The van der Waals surface area contributed by atoms with Gasteiger partial charge < -0.3 is 24.8 Å². The van der Waals surface area contributed by atoms with Crippen LogP contribution in [0.25, 0.3) is 0 Å². The summed E-state index contributed by atoms with van der Waals surface area (Å²) in [6, 6.07) is 13.1. The normalized spacial score (nSPS) is 18.9. The van der Waals surface area contributed by atoms with Crippen molar-refractivity contribution in [2.24, 2.45) is 4.99 Å². The van der Waals surface area contributed by atoms with Crippen LogP contribution in [0.1, 0.15) is 39.2 Å². The van der Waals surface area contributed by atoms with Crippen LogP contribution in [0, 0.1) is 0 Å². The number of aliphatic imine (C=N–C) groups is 1. The van der Waals surface area contributed by atoms with Gasteiger partial charge in [0.2, 0.25) is 0 Å². The Kier molecular flexibility index (Phi) is 6.93. The molecule has 1 saturated heterocycles. The summed E-state index contributed by atoms with van der Waals surface area (Å²) in [5.41, 5.74) is 0.682. The molecule has 0 aromatic heterocycles. The van der Waals surface area contributed by atoms with Crippen LogP contribution in [0.4, 0.5) is 5.69 Å². The first-order chi connectivity index (χ1) is 15.7. The monoisotopic (exact) mass is 471 g/mol. The third kappa shape index (κ3) is 6.05. The Hall–Kier alpha value is -2.61. The molecule has 1 fully saturated rings. The van der Waals surface area contributed by atoms with E-state index in [0.717, 1.165) is 23.7 Å². The summed E-state index contributed by atoms with van der Waals surface area (Å²) in [4.78, 5) is 19.6. The van der Waals surface area contributed by atoms with Crippen molar-refractivity contribution in [2.75, 3.05) is 19.6 Å². The summed E-state index contributed by atoms with van der Waals surface area (Å²) < 4.78 is 11.7. The molecular weight excluding hydrogens is 442 g/mol. The molecule has 4 rings (SSSR count). The number of para-hydroxylation sites is 1. The summed E-state index contributed by atoms with van der Waals surface area (Å²) in [5, 5.41) is 13.9. The van der Waals surface area contributed by atoms with Gasteiger partial charge in [-0.25, -0.2) is 4.99 Å². The molecule has 0 saturated carbocycles. The summed E-state index contributed by atoms with van der Waals surface area (Å²) in [5.74, 6) is 1.89. The Balaban J connectivity index is 1.51. The lowest BCUT2D eigenvalue weighted by atomic mass is 10.0. The van der Waals surface area contributed by atoms with E-state index in [4.69, 9.17) is 26.1 Å². The molecule has 0 bridgehead atoms. The molecule has 2 atom stereocenters. The fraction of sp³-hybridized carbons (Fsp3) is 0.440. The minimum atomic E-state index is -0.883. The number of esters is 1. The summed E-state index contributed by atoms with van der Waals surface area (Å²) in [6.45, 7) is 7.26. The lowest BCUT2D eigenvalue weighted by molar-refractivity contribution is -0.151. The van der Waals surface area contributed by atoms with Gasteiger partial charge in [-0.1, -0.05) is 23.7 Å². The zero-order chi connectivity index (χ0) is 23.6. The zero-order valence-corrected chi connectivity index (χ0v) is 19.9. The van der Waals surface area contributed by atoms with Gasteiger partial charge in [0.25, 0.3) is 0 Å². The van der Waals surface area contributed by atoms with Crippen molar-refractivity contribution in [3.05, 3.63) is 53.1 Å². The molecule has 0 amide bonds. The number of aliphatic hydroxyl groups is 1. The number of amidine groups is 1. The van der Waals surface area contributed by atoms with Crippen molar-refractivity contribution < 1.29 is 19.4 Å². The van der Waals surface area contributed by atoms with Crippen molar-refractivity contribution in [2.45, 2.75) is 51.4 Å². The van der Waals surface area contributed by atoms with Crippen molar-refractivity contribution in [1.82, 2.24) is 10.2 Å². The second-order valence-corrected chi connectivity index (χ2v) is 9.70. The van der Waals surface area contributed by atoms with Gasteiger partial charge in [-0.05, 0) is 51.1 Å². The van der Waals surface area contributed by atoms with Crippen LogP contribution in [-0.4, -0.2) is 59.2 Å².